The number of rotatable bonds is 5. The van der Waals surface area contributed by atoms with Gasteiger partial charge in [0.05, 0.1) is 13.5 Å². The second-order valence-corrected chi connectivity index (χ2v) is 6.76. The quantitative estimate of drug-likeness (QED) is 0.780. The largest absolute Gasteiger partial charge is 0.469 e. The van der Waals surface area contributed by atoms with E-state index in [1.54, 1.807) is 11.9 Å². The average molecular weight is 321 g/mol. The van der Waals surface area contributed by atoms with Gasteiger partial charge in [-0.2, -0.15) is 0 Å². The van der Waals surface area contributed by atoms with Crippen molar-refractivity contribution < 1.29 is 19.1 Å². The molecule has 0 heterocycles. The van der Waals surface area contributed by atoms with Gasteiger partial charge in [-0.3, -0.25) is 4.79 Å². The fraction of sp³-hybridized carbons (Fsp3) is 0.556. The van der Waals surface area contributed by atoms with Gasteiger partial charge >= 0.3 is 12.1 Å². The Labute approximate surface area is 138 Å². The smallest absolute Gasteiger partial charge is 0.410 e. The highest BCUT2D eigenvalue weighted by molar-refractivity contribution is 5.72. The molecule has 0 aliphatic heterocycles. The highest BCUT2D eigenvalue weighted by atomic mass is 16.6. The van der Waals surface area contributed by atoms with Gasteiger partial charge in [-0.1, -0.05) is 31.2 Å². The van der Waals surface area contributed by atoms with E-state index in [9.17, 15) is 9.59 Å². The van der Waals surface area contributed by atoms with E-state index in [4.69, 9.17) is 4.74 Å². The van der Waals surface area contributed by atoms with Gasteiger partial charge in [-0.25, -0.2) is 4.79 Å². The monoisotopic (exact) mass is 321 g/mol. The molecule has 0 bridgehead atoms. The number of esters is 1. The van der Waals surface area contributed by atoms with Crippen LogP contribution in [0.3, 0.4) is 0 Å². The van der Waals surface area contributed by atoms with Crippen molar-refractivity contribution in [2.75, 3.05) is 20.7 Å². The summed E-state index contributed by atoms with van der Waals surface area (Å²) in [5.74, 6) is -0.0878. The van der Waals surface area contributed by atoms with Crippen molar-refractivity contribution in [3.05, 3.63) is 35.4 Å². The predicted molar refractivity (Wildman–Crippen MR) is 89.4 cm³/mol. The molecule has 0 saturated carbocycles. The van der Waals surface area contributed by atoms with Crippen LogP contribution in [-0.2, 0) is 20.7 Å². The number of likely N-dealkylation sites (N-methyl/N-ethyl adjacent to an activating group) is 1. The summed E-state index contributed by atoms with van der Waals surface area (Å²) in [5.41, 5.74) is 1.52. The van der Waals surface area contributed by atoms with Gasteiger partial charge in [0.15, 0.2) is 0 Å². The standard InChI is InChI=1S/C18H27NO4/c1-13(12-19(5)17(21)23-18(2,3)4)15-9-7-14(8-10-15)11-16(20)22-6/h7-10,13H,11-12H2,1-6H3. The SMILES string of the molecule is COC(=O)Cc1ccc(C(C)CN(C)C(=O)OC(C)(C)C)cc1. The molecule has 1 amide bonds. The third-order valence-corrected chi connectivity index (χ3v) is 3.38. The summed E-state index contributed by atoms with van der Waals surface area (Å²) >= 11 is 0. The van der Waals surface area contributed by atoms with Crippen molar-refractivity contribution in [2.24, 2.45) is 0 Å². The number of carbonyl (C=O) groups excluding carboxylic acids is 2. The van der Waals surface area contributed by atoms with Crippen molar-refractivity contribution in [2.45, 2.75) is 45.6 Å². The second kappa shape index (κ2) is 7.99. The highest BCUT2D eigenvalue weighted by Crippen LogP contribution is 2.18. The molecule has 1 aromatic rings. The maximum Gasteiger partial charge on any atom is 0.410 e. The molecule has 1 rings (SSSR count). The van der Waals surface area contributed by atoms with Gasteiger partial charge < -0.3 is 14.4 Å². The van der Waals surface area contributed by atoms with E-state index in [2.05, 4.69) is 11.7 Å². The van der Waals surface area contributed by atoms with Gasteiger partial charge in [0.25, 0.3) is 0 Å². The van der Waals surface area contributed by atoms with Gasteiger partial charge in [0, 0.05) is 13.6 Å². The van der Waals surface area contributed by atoms with Gasteiger partial charge in [-0.05, 0) is 37.8 Å². The third kappa shape index (κ3) is 6.72. The number of carbonyl (C=O) groups is 2. The number of hydrogen-bond donors (Lipinski definition) is 0. The first-order chi connectivity index (χ1) is 10.6. The number of methoxy groups -OCH3 is 1. The van der Waals surface area contributed by atoms with Crippen molar-refractivity contribution in [3.8, 4) is 0 Å². The fourth-order valence-electron chi connectivity index (χ4n) is 2.13. The molecule has 0 aliphatic carbocycles. The molecule has 0 fully saturated rings. The van der Waals surface area contributed by atoms with E-state index in [-0.39, 0.29) is 24.4 Å². The summed E-state index contributed by atoms with van der Waals surface area (Å²) in [6.07, 6.45) is -0.0603. The molecule has 23 heavy (non-hydrogen) atoms. The van der Waals surface area contributed by atoms with Crippen LogP contribution in [0.25, 0.3) is 0 Å². The molecule has 0 saturated heterocycles. The molecule has 5 heteroatoms. The Morgan fingerprint density at radius 3 is 2.22 bits per heavy atom. The zero-order valence-electron chi connectivity index (χ0n) is 14.9. The van der Waals surface area contributed by atoms with E-state index in [1.807, 2.05) is 45.0 Å². The van der Waals surface area contributed by atoms with Crippen molar-refractivity contribution in [1.82, 2.24) is 4.90 Å². The molecular formula is C18H27NO4. The number of benzene rings is 1. The second-order valence-electron chi connectivity index (χ2n) is 6.76. The van der Waals surface area contributed by atoms with Crippen LogP contribution in [0, 0.1) is 0 Å². The normalized spacial score (nSPS) is 12.4. The van der Waals surface area contributed by atoms with Gasteiger partial charge in [-0.15, -0.1) is 0 Å². The van der Waals surface area contributed by atoms with Crippen molar-refractivity contribution >= 4 is 12.1 Å². The molecular weight excluding hydrogens is 294 g/mol. The molecule has 0 N–H and O–H groups in total. The minimum absolute atomic E-state index is 0.166. The lowest BCUT2D eigenvalue weighted by molar-refractivity contribution is -0.139. The van der Waals surface area contributed by atoms with E-state index in [0.717, 1.165) is 11.1 Å². The summed E-state index contributed by atoms with van der Waals surface area (Å²) in [4.78, 5) is 24.8. The van der Waals surface area contributed by atoms with E-state index in [1.165, 1.54) is 7.11 Å². The Morgan fingerprint density at radius 2 is 1.74 bits per heavy atom. The lowest BCUT2D eigenvalue weighted by Crippen LogP contribution is -2.36. The molecule has 1 atom stereocenters. The number of hydrogen-bond acceptors (Lipinski definition) is 4. The van der Waals surface area contributed by atoms with Crippen LogP contribution in [-0.4, -0.2) is 43.3 Å². The average Bonchev–Trinajstić information content (AvgIpc) is 2.45. The molecule has 0 aromatic heterocycles. The Morgan fingerprint density at radius 1 is 1.17 bits per heavy atom. The first-order valence-corrected chi connectivity index (χ1v) is 7.72. The molecule has 1 aromatic carbocycles. The number of amides is 1. The summed E-state index contributed by atoms with van der Waals surface area (Å²) < 4.78 is 10.0. The first kappa shape index (κ1) is 19.0. The van der Waals surface area contributed by atoms with E-state index < -0.39 is 5.60 Å². The lowest BCUT2D eigenvalue weighted by atomic mass is 9.99. The van der Waals surface area contributed by atoms with Crippen LogP contribution in [0.1, 0.15) is 44.7 Å². The Kier molecular flexibility index (Phi) is 6.61. The molecule has 128 valence electrons. The van der Waals surface area contributed by atoms with Crippen LogP contribution >= 0.6 is 0 Å². The number of ether oxygens (including phenoxy) is 2. The highest BCUT2D eigenvalue weighted by Gasteiger charge is 2.21. The van der Waals surface area contributed by atoms with Crippen molar-refractivity contribution in [1.29, 1.82) is 0 Å². The molecule has 1 unspecified atom stereocenters. The maximum atomic E-state index is 12.0. The zero-order chi connectivity index (χ0) is 17.6. The van der Waals surface area contributed by atoms with E-state index >= 15 is 0 Å². The van der Waals surface area contributed by atoms with Crippen LogP contribution in [0.15, 0.2) is 24.3 Å². The summed E-state index contributed by atoms with van der Waals surface area (Å²) in [6, 6.07) is 7.78. The Bertz CT molecular complexity index is 531. The van der Waals surface area contributed by atoms with Crippen LogP contribution in [0.2, 0.25) is 0 Å². The zero-order valence-corrected chi connectivity index (χ0v) is 14.9. The van der Waals surface area contributed by atoms with Crippen LogP contribution in [0.5, 0.6) is 0 Å². The molecule has 0 spiro atoms. The first-order valence-electron chi connectivity index (χ1n) is 7.72. The Hall–Kier alpha value is -2.04. The molecule has 5 nitrogen and oxygen atoms in total. The van der Waals surface area contributed by atoms with Gasteiger partial charge in [0.1, 0.15) is 5.60 Å². The van der Waals surface area contributed by atoms with Gasteiger partial charge in [0.2, 0.25) is 0 Å². The fourth-order valence-corrected chi connectivity index (χ4v) is 2.13. The van der Waals surface area contributed by atoms with E-state index in [0.29, 0.717) is 6.54 Å². The summed E-state index contributed by atoms with van der Waals surface area (Å²) in [7, 11) is 3.11. The lowest BCUT2D eigenvalue weighted by Gasteiger charge is -2.26. The van der Waals surface area contributed by atoms with Crippen molar-refractivity contribution in [3.63, 3.8) is 0 Å². The minimum Gasteiger partial charge on any atom is -0.469 e. The molecule has 0 aliphatic rings. The molecule has 0 radical (unpaired) electrons. The van der Waals surface area contributed by atoms with Crippen LogP contribution in [0.4, 0.5) is 4.79 Å². The maximum absolute atomic E-state index is 12.0. The predicted octanol–water partition coefficient (Wildman–Crippen LogP) is 3.37. The summed E-state index contributed by atoms with van der Waals surface area (Å²) in [6.45, 7) is 8.16. The Balaban J connectivity index is 2.62. The minimum atomic E-state index is -0.496. The third-order valence-electron chi connectivity index (χ3n) is 3.38. The summed E-state index contributed by atoms with van der Waals surface area (Å²) in [5, 5.41) is 0. The van der Waals surface area contributed by atoms with Crippen LogP contribution < -0.4 is 0 Å². The number of nitrogens with zero attached hydrogens (tertiary/aromatic N) is 1. The topological polar surface area (TPSA) is 55.8 Å².